The van der Waals surface area contributed by atoms with Gasteiger partial charge in [-0.25, -0.2) is 0 Å². The van der Waals surface area contributed by atoms with E-state index in [4.69, 9.17) is 28.4 Å². The quantitative estimate of drug-likeness (QED) is 0.177. The summed E-state index contributed by atoms with van der Waals surface area (Å²) in [7, 11) is 1.37. The van der Waals surface area contributed by atoms with E-state index in [2.05, 4.69) is 4.74 Å². The lowest BCUT2D eigenvalue weighted by Gasteiger charge is -2.44. The molecule has 1 fully saturated rings. The molecule has 0 amide bonds. The summed E-state index contributed by atoms with van der Waals surface area (Å²) in [6, 6.07) is 0. The number of esters is 5. The number of carbonyl (C=O) groups excluding carboxylic acids is 5. The Hall–Kier alpha value is -2.73. The Morgan fingerprint density at radius 1 is 0.667 bits per heavy atom. The molecule has 1 heterocycles. The van der Waals surface area contributed by atoms with Gasteiger partial charge < -0.3 is 33.2 Å². The topological polar surface area (TPSA) is 150 Å². The van der Waals surface area contributed by atoms with Crippen molar-refractivity contribution in [3.63, 3.8) is 0 Å². The van der Waals surface area contributed by atoms with E-state index in [-0.39, 0.29) is 19.2 Å². The van der Waals surface area contributed by atoms with Crippen molar-refractivity contribution < 1.29 is 57.1 Å². The van der Waals surface area contributed by atoms with Crippen molar-refractivity contribution in [2.24, 2.45) is 0 Å². The number of hydrogen-bond donors (Lipinski definition) is 0. The van der Waals surface area contributed by atoms with Gasteiger partial charge in [0.05, 0.1) is 7.11 Å². The average molecular weight is 519 g/mol. The minimum atomic E-state index is -1.25. The van der Waals surface area contributed by atoms with Crippen LogP contribution in [0.25, 0.3) is 0 Å². The van der Waals surface area contributed by atoms with E-state index >= 15 is 0 Å². The minimum Gasteiger partial charge on any atom is -0.469 e. The van der Waals surface area contributed by atoms with Gasteiger partial charge in [-0.05, 0) is 12.8 Å². The van der Waals surface area contributed by atoms with Crippen molar-refractivity contribution in [3.8, 4) is 0 Å². The van der Waals surface area contributed by atoms with E-state index in [0.29, 0.717) is 12.8 Å². The van der Waals surface area contributed by atoms with Gasteiger partial charge in [0, 0.05) is 40.7 Å². The molecule has 0 unspecified atom stereocenters. The molecule has 1 rings (SSSR count). The zero-order valence-electron chi connectivity index (χ0n) is 21.6. The molecule has 0 bridgehead atoms. The molecule has 0 radical (unpaired) electrons. The lowest BCUT2D eigenvalue weighted by atomic mass is 9.98. The molecule has 5 atom stereocenters. The predicted molar refractivity (Wildman–Crippen MR) is 122 cm³/mol. The van der Waals surface area contributed by atoms with E-state index in [9.17, 15) is 24.0 Å². The molecule has 0 N–H and O–H groups in total. The Morgan fingerprint density at radius 2 is 1.19 bits per heavy atom. The molecular weight excluding hydrogens is 480 g/mol. The summed E-state index contributed by atoms with van der Waals surface area (Å²) in [6.07, 6.45) is -0.370. The Kier molecular flexibility index (Phi) is 14.7. The molecule has 1 aliphatic heterocycles. The second-order valence-corrected chi connectivity index (χ2v) is 8.39. The molecule has 0 aromatic heterocycles. The van der Waals surface area contributed by atoms with Crippen LogP contribution < -0.4 is 0 Å². The third kappa shape index (κ3) is 12.3. The fraction of sp³-hybridized carbons (Fsp3) is 0.792. The second-order valence-electron chi connectivity index (χ2n) is 8.39. The van der Waals surface area contributed by atoms with E-state index < -0.39 is 54.6 Å². The summed E-state index contributed by atoms with van der Waals surface area (Å²) < 4.78 is 37.4. The molecule has 36 heavy (non-hydrogen) atoms. The Labute approximate surface area is 211 Å². The van der Waals surface area contributed by atoms with Gasteiger partial charge >= 0.3 is 29.8 Å². The highest BCUT2D eigenvalue weighted by molar-refractivity contribution is 5.69. The van der Waals surface area contributed by atoms with Gasteiger partial charge in [-0.3, -0.25) is 24.0 Å². The molecule has 1 aliphatic rings. The standard InChI is InChI=1S/C24H38O12/c1-15(25)32-14-19-21(33-16(2)26)22(34-17(3)27)23(35-18(4)28)24(36-19)31-13-11-9-7-6-8-10-12-20(29)30-5/h19,21-24H,6-14H2,1-5H3/t19-,21-,22+,23-,24-/m1/s1. The molecule has 1 saturated heterocycles. The summed E-state index contributed by atoms with van der Waals surface area (Å²) in [5.41, 5.74) is 0. The van der Waals surface area contributed by atoms with Crippen LogP contribution in [-0.4, -0.2) is 80.9 Å². The summed E-state index contributed by atoms with van der Waals surface area (Å²) in [5, 5.41) is 0. The first-order chi connectivity index (χ1) is 17.0. The number of rotatable bonds is 15. The normalized spacial score (nSPS) is 23.3. The summed E-state index contributed by atoms with van der Waals surface area (Å²) in [4.78, 5) is 57.8. The van der Waals surface area contributed by atoms with E-state index in [0.717, 1.165) is 46.0 Å². The van der Waals surface area contributed by atoms with Crippen molar-refractivity contribution in [1.29, 1.82) is 0 Å². The summed E-state index contributed by atoms with van der Waals surface area (Å²) >= 11 is 0. The van der Waals surface area contributed by atoms with E-state index in [1.165, 1.54) is 21.0 Å². The number of hydrogen-bond acceptors (Lipinski definition) is 12. The van der Waals surface area contributed by atoms with Crippen LogP contribution in [0.3, 0.4) is 0 Å². The van der Waals surface area contributed by atoms with Gasteiger partial charge in [0.2, 0.25) is 0 Å². The first-order valence-corrected chi connectivity index (χ1v) is 12.0. The molecule has 12 nitrogen and oxygen atoms in total. The fourth-order valence-electron chi connectivity index (χ4n) is 3.70. The van der Waals surface area contributed by atoms with Crippen molar-refractivity contribution in [2.75, 3.05) is 20.3 Å². The predicted octanol–water partition coefficient (Wildman–Crippen LogP) is 1.99. The number of ether oxygens (including phenoxy) is 7. The molecule has 206 valence electrons. The van der Waals surface area contributed by atoms with Crippen LogP contribution >= 0.6 is 0 Å². The Balaban J connectivity index is 2.80. The highest BCUT2D eigenvalue weighted by atomic mass is 16.7. The zero-order valence-corrected chi connectivity index (χ0v) is 21.6. The Morgan fingerprint density at radius 3 is 1.75 bits per heavy atom. The molecule has 0 aromatic carbocycles. The van der Waals surface area contributed by atoms with Gasteiger partial charge in [0.1, 0.15) is 12.7 Å². The smallest absolute Gasteiger partial charge is 0.305 e. The van der Waals surface area contributed by atoms with Crippen LogP contribution in [0.15, 0.2) is 0 Å². The largest absolute Gasteiger partial charge is 0.469 e. The van der Waals surface area contributed by atoms with Crippen molar-refractivity contribution >= 4 is 29.8 Å². The lowest BCUT2D eigenvalue weighted by molar-refractivity contribution is -0.308. The first kappa shape index (κ1) is 31.3. The van der Waals surface area contributed by atoms with E-state index in [1.807, 2.05) is 0 Å². The van der Waals surface area contributed by atoms with Crippen LogP contribution in [0.1, 0.15) is 72.6 Å². The van der Waals surface area contributed by atoms with Gasteiger partial charge in [-0.2, -0.15) is 0 Å². The van der Waals surface area contributed by atoms with Gasteiger partial charge in [0.15, 0.2) is 24.6 Å². The summed E-state index contributed by atoms with van der Waals surface area (Å²) in [6.45, 7) is 4.64. The SMILES string of the molecule is COC(=O)CCCCCCCCO[C@@H]1O[C@H](COC(C)=O)[C@@H](OC(C)=O)[C@H](OC(C)=O)[C@H]1OC(C)=O. The second kappa shape index (κ2) is 16.9. The third-order valence-corrected chi connectivity index (χ3v) is 5.23. The van der Waals surface area contributed by atoms with Crippen LogP contribution in [0.2, 0.25) is 0 Å². The third-order valence-electron chi connectivity index (χ3n) is 5.23. The maximum Gasteiger partial charge on any atom is 0.305 e. The molecule has 0 saturated carbocycles. The molecular formula is C24H38O12. The van der Waals surface area contributed by atoms with Crippen molar-refractivity contribution in [3.05, 3.63) is 0 Å². The maximum atomic E-state index is 11.8. The average Bonchev–Trinajstić information content (AvgIpc) is 2.79. The van der Waals surface area contributed by atoms with Gasteiger partial charge in [-0.15, -0.1) is 0 Å². The molecule has 0 spiro atoms. The Bertz CT molecular complexity index is 737. The van der Waals surface area contributed by atoms with Crippen LogP contribution in [0.5, 0.6) is 0 Å². The monoisotopic (exact) mass is 518 g/mol. The first-order valence-electron chi connectivity index (χ1n) is 12.0. The highest BCUT2D eigenvalue weighted by Gasteiger charge is 2.52. The van der Waals surface area contributed by atoms with Crippen LogP contribution in [-0.2, 0) is 57.1 Å². The number of carbonyl (C=O) groups is 5. The van der Waals surface area contributed by atoms with Crippen molar-refractivity contribution in [2.45, 2.75) is 103 Å². The molecule has 0 aromatic rings. The number of methoxy groups -OCH3 is 1. The molecule has 12 heteroatoms. The summed E-state index contributed by atoms with van der Waals surface area (Å²) in [5.74, 6) is -2.88. The lowest BCUT2D eigenvalue weighted by Crippen LogP contribution is -2.63. The van der Waals surface area contributed by atoms with Crippen LogP contribution in [0, 0.1) is 0 Å². The zero-order chi connectivity index (χ0) is 27.1. The van der Waals surface area contributed by atoms with Crippen LogP contribution in [0.4, 0.5) is 0 Å². The molecule has 0 aliphatic carbocycles. The maximum absolute atomic E-state index is 11.8. The number of unbranched alkanes of at least 4 members (excludes halogenated alkanes) is 5. The van der Waals surface area contributed by atoms with Gasteiger partial charge in [0.25, 0.3) is 0 Å². The van der Waals surface area contributed by atoms with E-state index in [1.54, 1.807) is 0 Å². The van der Waals surface area contributed by atoms with Gasteiger partial charge in [-0.1, -0.05) is 25.7 Å². The van der Waals surface area contributed by atoms with Crippen molar-refractivity contribution in [1.82, 2.24) is 0 Å². The fourth-order valence-corrected chi connectivity index (χ4v) is 3.70. The minimum absolute atomic E-state index is 0.215. The highest BCUT2D eigenvalue weighted by Crippen LogP contribution is 2.30.